The second kappa shape index (κ2) is 9.16. The SMILES string of the molecule is CC(C)CCC[C@H](C)[C@@H]1CC[C@@H]2[C@@H]3CC[C@@H]4CC(=C(C#N)C#N)CC[C@]4(C)[C@@H]3CC[C@@]21C. The van der Waals surface area contributed by atoms with Crippen molar-refractivity contribution in [1.29, 1.82) is 10.5 Å². The lowest BCUT2D eigenvalue weighted by molar-refractivity contribution is -0.109. The van der Waals surface area contributed by atoms with Crippen LogP contribution in [0.5, 0.6) is 0 Å². The van der Waals surface area contributed by atoms with Gasteiger partial charge in [-0.3, -0.25) is 0 Å². The second-order valence-electron chi connectivity index (χ2n) is 13.1. The Bertz CT molecular complexity index is 794. The predicted molar refractivity (Wildman–Crippen MR) is 131 cm³/mol. The van der Waals surface area contributed by atoms with Gasteiger partial charge in [0, 0.05) is 0 Å². The molecule has 0 aliphatic heterocycles. The number of hydrogen-bond donors (Lipinski definition) is 0. The molecule has 0 aromatic heterocycles. The molecule has 4 rings (SSSR count). The van der Waals surface area contributed by atoms with Crippen molar-refractivity contribution in [2.24, 2.45) is 52.3 Å². The highest BCUT2D eigenvalue weighted by Gasteiger charge is 2.60. The van der Waals surface area contributed by atoms with Crippen LogP contribution in [0.1, 0.15) is 112 Å². The summed E-state index contributed by atoms with van der Waals surface area (Å²) in [5.74, 6) is 6.04. The molecule has 0 bridgehead atoms. The van der Waals surface area contributed by atoms with E-state index in [4.69, 9.17) is 0 Å². The minimum Gasteiger partial charge on any atom is -0.192 e. The Hall–Kier alpha value is -1.28. The fourth-order valence-electron chi connectivity index (χ4n) is 9.51. The molecular weight excluding hydrogens is 388 g/mol. The first kappa shape index (κ1) is 23.9. The second-order valence-corrected chi connectivity index (χ2v) is 13.1. The summed E-state index contributed by atoms with van der Waals surface area (Å²) in [4.78, 5) is 0. The van der Waals surface area contributed by atoms with E-state index in [-0.39, 0.29) is 0 Å². The molecule has 176 valence electrons. The van der Waals surface area contributed by atoms with Crippen LogP contribution in [0.3, 0.4) is 0 Å². The minimum atomic E-state index is 0.412. The molecule has 0 radical (unpaired) electrons. The van der Waals surface area contributed by atoms with Crippen LogP contribution in [0.4, 0.5) is 0 Å². The molecule has 8 atom stereocenters. The molecule has 0 amide bonds. The van der Waals surface area contributed by atoms with Crippen LogP contribution in [0, 0.1) is 74.9 Å². The fourth-order valence-corrected chi connectivity index (χ4v) is 9.51. The first-order valence-corrected chi connectivity index (χ1v) is 13.8. The largest absolute Gasteiger partial charge is 0.192 e. The van der Waals surface area contributed by atoms with Crippen molar-refractivity contribution in [1.82, 2.24) is 0 Å². The van der Waals surface area contributed by atoms with Gasteiger partial charge in [0.2, 0.25) is 0 Å². The van der Waals surface area contributed by atoms with Gasteiger partial charge in [-0.05, 0) is 116 Å². The van der Waals surface area contributed by atoms with Crippen molar-refractivity contribution in [2.45, 2.75) is 112 Å². The van der Waals surface area contributed by atoms with Gasteiger partial charge in [-0.2, -0.15) is 10.5 Å². The molecule has 32 heavy (non-hydrogen) atoms. The van der Waals surface area contributed by atoms with Crippen LogP contribution in [0.2, 0.25) is 0 Å². The summed E-state index contributed by atoms with van der Waals surface area (Å²) < 4.78 is 0. The van der Waals surface area contributed by atoms with Crippen molar-refractivity contribution in [3.63, 3.8) is 0 Å². The first-order valence-electron chi connectivity index (χ1n) is 13.8. The average Bonchev–Trinajstić information content (AvgIpc) is 3.11. The molecule has 0 aromatic rings. The maximum Gasteiger partial charge on any atom is 0.128 e. The van der Waals surface area contributed by atoms with E-state index in [0.29, 0.717) is 22.3 Å². The number of hydrogen-bond acceptors (Lipinski definition) is 2. The Labute approximate surface area is 197 Å². The van der Waals surface area contributed by atoms with E-state index in [0.717, 1.165) is 53.9 Å². The van der Waals surface area contributed by atoms with Crippen LogP contribution in [0.15, 0.2) is 11.1 Å². The summed E-state index contributed by atoms with van der Waals surface area (Å²) >= 11 is 0. The third-order valence-electron chi connectivity index (χ3n) is 11.3. The number of nitrogens with zero attached hydrogens (tertiary/aromatic N) is 2. The fraction of sp³-hybridized carbons (Fsp3) is 0.867. The normalized spacial score (nSPS) is 41.8. The zero-order valence-corrected chi connectivity index (χ0v) is 21.4. The van der Waals surface area contributed by atoms with E-state index < -0.39 is 0 Å². The van der Waals surface area contributed by atoms with Crippen molar-refractivity contribution < 1.29 is 0 Å². The topological polar surface area (TPSA) is 47.6 Å². The Morgan fingerprint density at radius 2 is 1.62 bits per heavy atom. The molecule has 0 spiro atoms. The number of allylic oxidation sites excluding steroid dienone is 2. The van der Waals surface area contributed by atoms with Crippen molar-refractivity contribution in [2.75, 3.05) is 0 Å². The maximum atomic E-state index is 9.38. The molecule has 0 heterocycles. The zero-order valence-electron chi connectivity index (χ0n) is 21.4. The monoisotopic (exact) mass is 434 g/mol. The van der Waals surface area contributed by atoms with E-state index in [1.54, 1.807) is 0 Å². The Balaban J connectivity index is 1.48. The van der Waals surface area contributed by atoms with Crippen LogP contribution in [0.25, 0.3) is 0 Å². The van der Waals surface area contributed by atoms with Gasteiger partial charge in [-0.1, -0.05) is 53.9 Å². The first-order chi connectivity index (χ1) is 15.2. The molecule has 4 aliphatic rings. The van der Waals surface area contributed by atoms with E-state index in [1.165, 1.54) is 64.2 Å². The van der Waals surface area contributed by atoms with Gasteiger partial charge in [-0.15, -0.1) is 0 Å². The molecule has 2 nitrogen and oxygen atoms in total. The molecule has 0 N–H and O–H groups in total. The molecule has 4 aliphatic carbocycles. The van der Waals surface area contributed by atoms with Gasteiger partial charge in [-0.25, -0.2) is 0 Å². The van der Waals surface area contributed by atoms with Crippen LogP contribution in [-0.4, -0.2) is 0 Å². The summed E-state index contributed by atoms with van der Waals surface area (Å²) in [5.41, 5.74) is 2.56. The lowest BCUT2D eigenvalue weighted by atomic mass is 9.44. The van der Waals surface area contributed by atoms with E-state index in [1.807, 2.05) is 0 Å². The van der Waals surface area contributed by atoms with Crippen LogP contribution < -0.4 is 0 Å². The third kappa shape index (κ3) is 3.95. The molecule has 0 saturated heterocycles. The van der Waals surface area contributed by atoms with Crippen LogP contribution >= 0.6 is 0 Å². The molecule has 0 unspecified atom stereocenters. The lowest BCUT2D eigenvalue weighted by Gasteiger charge is -2.61. The third-order valence-corrected chi connectivity index (χ3v) is 11.3. The Kier molecular flexibility index (Phi) is 6.83. The molecule has 2 heteroatoms. The van der Waals surface area contributed by atoms with E-state index >= 15 is 0 Å². The lowest BCUT2D eigenvalue weighted by Crippen LogP contribution is -2.53. The summed E-state index contributed by atoms with van der Waals surface area (Å²) in [5, 5.41) is 18.8. The zero-order chi connectivity index (χ0) is 23.1. The molecule has 0 aromatic carbocycles. The van der Waals surface area contributed by atoms with Gasteiger partial charge in [0.25, 0.3) is 0 Å². The van der Waals surface area contributed by atoms with Gasteiger partial charge in [0.1, 0.15) is 17.7 Å². The highest BCUT2D eigenvalue weighted by molar-refractivity contribution is 5.41. The molecule has 4 saturated carbocycles. The van der Waals surface area contributed by atoms with Crippen molar-refractivity contribution >= 4 is 0 Å². The number of rotatable bonds is 5. The smallest absolute Gasteiger partial charge is 0.128 e. The van der Waals surface area contributed by atoms with Gasteiger partial charge in [0.15, 0.2) is 0 Å². The highest BCUT2D eigenvalue weighted by atomic mass is 14.6. The van der Waals surface area contributed by atoms with E-state index in [9.17, 15) is 10.5 Å². The average molecular weight is 435 g/mol. The standard InChI is InChI=1S/C30H46N2/c1-20(2)7-6-8-21(3)26-11-12-27-25-10-9-24-17-22(23(18-31)19-32)13-15-29(24,4)28(25)14-16-30(26,27)5/h20-21,24-28H,6-17H2,1-5H3/t21-,24+,25-,26-,27+,28+,29-,30+/m0/s1. The summed E-state index contributed by atoms with van der Waals surface area (Å²) in [6.45, 7) is 12.6. The highest BCUT2D eigenvalue weighted by Crippen LogP contribution is 2.68. The molecule has 4 fully saturated rings. The van der Waals surface area contributed by atoms with Crippen molar-refractivity contribution in [3.05, 3.63) is 11.1 Å². The number of fused-ring (bicyclic) bond motifs is 5. The Morgan fingerprint density at radius 3 is 2.31 bits per heavy atom. The Morgan fingerprint density at radius 1 is 0.906 bits per heavy atom. The quantitative estimate of drug-likeness (QED) is 0.407. The summed E-state index contributed by atoms with van der Waals surface area (Å²) in [6, 6.07) is 4.35. The van der Waals surface area contributed by atoms with Crippen LogP contribution in [-0.2, 0) is 0 Å². The van der Waals surface area contributed by atoms with Gasteiger partial charge < -0.3 is 0 Å². The predicted octanol–water partition coefficient (Wildman–Crippen LogP) is 8.45. The summed E-state index contributed by atoms with van der Waals surface area (Å²) in [6.07, 6.45) is 15.9. The van der Waals surface area contributed by atoms with Gasteiger partial charge >= 0.3 is 0 Å². The summed E-state index contributed by atoms with van der Waals surface area (Å²) in [7, 11) is 0. The molecular formula is C30H46N2. The van der Waals surface area contributed by atoms with E-state index in [2.05, 4.69) is 46.8 Å². The minimum absolute atomic E-state index is 0.412. The van der Waals surface area contributed by atoms with Gasteiger partial charge in [0.05, 0.1) is 0 Å². The number of nitriles is 2. The van der Waals surface area contributed by atoms with Crippen molar-refractivity contribution in [3.8, 4) is 12.1 Å². The maximum absolute atomic E-state index is 9.38.